The normalized spacial score (nSPS) is 15.4. The van der Waals surface area contributed by atoms with Gasteiger partial charge in [0.2, 0.25) is 5.95 Å². The summed E-state index contributed by atoms with van der Waals surface area (Å²) in [7, 11) is 1.73. The fourth-order valence-corrected chi connectivity index (χ4v) is 3.16. The van der Waals surface area contributed by atoms with Gasteiger partial charge in [-0.15, -0.1) is 11.3 Å². The second-order valence-electron chi connectivity index (χ2n) is 5.38. The van der Waals surface area contributed by atoms with Gasteiger partial charge >= 0.3 is 5.97 Å². The van der Waals surface area contributed by atoms with E-state index >= 15 is 0 Å². The third-order valence-electron chi connectivity index (χ3n) is 3.69. The standard InChI is InChI=1S/C18H17N5O2S/c1-20-18-23(9-10-26-18)15(14-7-8-21-17(19)22-14)11-12-3-2-4-13(6-5-12)16(24)25/h2-4,6-11H,5H2,1H3,(H,24,25)(H2,19,21,22)/b15-11+,20-18?. The summed E-state index contributed by atoms with van der Waals surface area (Å²) in [5.41, 5.74) is 8.39. The first-order valence-corrected chi connectivity index (χ1v) is 8.67. The van der Waals surface area contributed by atoms with Crippen molar-refractivity contribution in [2.75, 3.05) is 12.8 Å². The molecule has 0 atom stereocenters. The van der Waals surface area contributed by atoms with Gasteiger partial charge in [-0.2, -0.15) is 0 Å². The molecule has 0 bridgehead atoms. The number of rotatable bonds is 4. The van der Waals surface area contributed by atoms with Crippen molar-refractivity contribution in [3.63, 3.8) is 0 Å². The number of carboxylic acids is 1. The fraction of sp³-hybridized carbons (Fsp3) is 0.111. The Morgan fingerprint density at radius 2 is 2.35 bits per heavy atom. The number of nitrogens with zero attached hydrogens (tertiary/aromatic N) is 4. The van der Waals surface area contributed by atoms with E-state index in [0.717, 1.165) is 16.1 Å². The predicted octanol–water partition coefficient (Wildman–Crippen LogP) is 2.24. The molecule has 0 unspecified atom stereocenters. The maximum absolute atomic E-state index is 11.2. The van der Waals surface area contributed by atoms with E-state index in [0.29, 0.717) is 12.1 Å². The minimum absolute atomic E-state index is 0.182. The van der Waals surface area contributed by atoms with Crippen LogP contribution in [0.4, 0.5) is 5.95 Å². The lowest BCUT2D eigenvalue weighted by Gasteiger charge is -2.10. The monoisotopic (exact) mass is 367 g/mol. The van der Waals surface area contributed by atoms with Crippen LogP contribution in [0.2, 0.25) is 0 Å². The number of allylic oxidation sites excluding steroid dienone is 5. The SMILES string of the molecule is CN=c1sccn1/C(=C/C1=CC=CC(C(=O)O)=CC1)c1ccnc(N)n1. The third-order valence-corrected chi connectivity index (χ3v) is 4.54. The number of nitrogens with two attached hydrogens (primary N) is 1. The van der Waals surface area contributed by atoms with Crippen molar-refractivity contribution in [2.45, 2.75) is 6.42 Å². The molecule has 3 N–H and O–H groups in total. The number of carbonyl (C=O) groups is 1. The van der Waals surface area contributed by atoms with Crippen LogP contribution in [0, 0.1) is 0 Å². The summed E-state index contributed by atoms with van der Waals surface area (Å²) in [5, 5.41) is 11.1. The molecule has 2 heterocycles. The molecule has 0 spiro atoms. The molecule has 0 amide bonds. The largest absolute Gasteiger partial charge is 0.478 e. The Morgan fingerprint density at radius 3 is 3.08 bits per heavy atom. The molecular formula is C18H17N5O2S. The smallest absolute Gasteiger partial charge is 0.335 e. The molecule has 3 rings (SSSR count). The fourth-order valence-electron chi connectivity index (χ4n) is 2.48. The molecule has 1 aliphatic carbocycles. The van der Waals surface area contributed by atoms with E-state index in [2.05, 4.69) is 15.0 Å². The van der Waals surface area contributed by atoms with Crippen LogP contribution in [0.5, 0.6) is 0 Å². The molecule has 0 aliphatic heterocycles. The lowest BCUT2D eigenvalue weighted by Crippen LogP contribution is -2.15. The highest BCUT2D eigenvalue weighted by Crippen LogP contribution is 2.21. The first-order chi connectivity index (χ1) is 12.6. The number of thiazole rings is 1. The average Bonchev–Trinajstić information content (AvgIpc) is 2.96. The molecule has 0 saturated heterocycles. The molecule has 7 nitrogen and oxygen atoms in total. The van der Waals surface area contributed by atoms with E-state index in [1.807, 2.05) is 28.3 Å². The Labute approximate surface area is 153 Å². The molecular weight excluding hydrogens is 350 g/mol. The van der Waals surface area contributed by atoms with Crippen LogP contribution in [-0.2, 0) is 4.79 Å². The quantitative estimate of drug-likeness (QED) is 0.862. The summed E-state index contributed by atoms with van der Waals surface area (Å²) >= 11 is 1.50. The summed E-state index contributed by atoms with van der Waals surface area (Å²) in [4.78, 5) is 24.5. The second kappa shape index (κ2) is 7.75. The maximum atomic E-state index is 11.2. The Morgan fingerprint density at radius 1 is 1.50 bits per heavy atom. The molecule has 2 aromatic rings. The highest BCUT2D eigenvalue weighted by atomic mass is 32.1. The van der Waals surface area contributed by atoms with Crippen LogP contribution in [0.1, 0.15) is 12.1 Å². The van der Waals surface area contributed by atoms with E-state index < -0.39 is 5.97 Å². The van der Waals surface area contributed by atoms with Gasteiger partial charge in [0.25, 0.3) is 0 Å². The first-order valence-electron chi connectivity index (χ1n) is 7.79. The van der Waals surface area contributed by atoms with Crippen molar-refractivity contribution in [3.8, 4) is 0 Å². The summed E-state index contributed by atoms with van der Waals surface area (Å²) in [6, 6.07) is 1.78. The lowest BCUT2D eigenvalue weighted by atomic mass is 10.1. The number of hydrogen-bond donors (Lipinski definition) is 2. The Balaban J connectivity index is 2.10. The average molecular weight is 367 g/mol. The van der Waals surface area contributed by atoms with Crippen molar-refractivity contribution < 1.29 is 9.90 Å². The van der Waals surface area contributed by atoms with Crippen LogP contribution in [0.15, 0.2) is 70.4 Å². The van der Waals surface area contributed by atoms with Crippen LogP contribution >= 0.6 is 11.3 Å². The minimum Gasteiger partial charge on any atom is -0.478 e. The van der Waals surface area contributed by atoms with Crippen LogP contribution in [0.25, 0.3) is 5.70 Å². The van der Waals surface area contributed by atoms with Gasteiger partial charge in [0.15, 0.2) is 4.80 Å². The Kier molecular flexibility index (Phi) is 5.23. The molecule has 8 heteroatoms. The minimum atomic E-state index is -0.942. The maximum Gasteiger partial charge on any atom is 0.335 e. The first kappa shape index (κ1) is 17.6. The van der Waals surface area contributed by atoms with E-state index in [9.17, 15) is 4.79 Å². The summed E-state index contributed by atoms with van der Waals surface area (Å²) in [6.45, 7) is 0. The van der Waals surface area contributed by atoms with Gasteiger partial charge in [0.05, 0.1) is 17.0 Å². The summed E-state index contributed by atoms with van der Waals surface area (Å²) in [5.74, 6) is -0.759. The molecule has 26 heavy (non-hydrogen) atoms. The second-order valence-corrected chi connectivity index (χ2v) is 6.25. The van der Waals surface area contributed by atoms with Crippen molar-refractivity contribution in [3.05, 3.63) is 75.9 Å². The number of hydrogen-bond acceptors (Lipinski definition) is 6. The zero-order valence-corrected chi connectivity index (χ0v) is 14.8. The van der Waals surface area contributed by atoms with Gasteiger partial charge in [0.1, 0.15) is 0 Å². The Bertz CT molecular complexity index is 1020. The van der Waals surface area contributed by atoms with E-state index in [1.54, 1.807) is 37.5 Å². The molecule has 1 aliphatic rings. The van der Waals surface area contributed by atoms with Gasteiger partial charge in [-0.1, -0.05) is 18.2 Å². The van der Waals surface area contributed by atoms with Crippen LogP contribution in [-0.4, -0.2) is 32.7 Å². The lowest BCUT2D eigenvalue weighted by molar-refractivity contribution is -0.132. The van der Waals surface area contributed by atoms with Crippen molar-refractivity contribution in [2.24, 2.45) is 4.99 Å². The zero-order valence-electron chi connectivity index (χ0n) is 14.0. The summed E-state index contributed by atoms with van der Waals surface area (Å²) in [6.07, 6.45) is 12.8. The molecule has 0 saturated carbocycles. The van der Waals surface area contributed by atoms with Crippen LogP contribution in [0.3, 0.4) is 0 Å². The molecule has 132 valence electrons. The molecule has 2 aromatic heterocycles. The van der Waals surface area contributed by atoms with Crippen LogP contribution < -0.4 is 10.5 Å². The number of aliphatic carboxylic acids is 1. The number of anilines is 1. The third kappa shape index (κ3) is 3.86. The Hall–Kier alpha value is -3.26. The molecule has 0 fully saturated rings. The van der Waals surface area contributed by atoms with Crippen molar-refractivity contribution >= 4 is 29.0 Å². The highest BCUT2D eigenvalue weighted by Gasteiger charge is 2.11. The topological polar surface area (TPSA) is 106 Å². The van der Waals surface area contributed by atoms with Gasteiger partial charge in [-0.25, -0.2) is 14.8 Å². The van der Waals surface area contributed by atoms with Crippen molar-refractivity contribution in [1.82, 2.24) is 14.5 Å². The number of nitrogen functional groups attached to an aromatic ring is 1. The molecule has 0 aromatic carbocycles. The van der Waals surface area contributed by atoms with E-state index in [4.69, 9.17) is 10.8 Å². The summed E-state index contributed by atoms with van der Waals surface area (Å²) < 4.78 is 1.92. The van der Waals surface area contributed by atoms with E-state index in [-0.39, 0.29) is 11.5 Å². The zero-order chi connectivity index (χ0) is 18.5. The van der Waals surface area contributed by atoms with Gasteiger partial charge in [-0.05, 0) is 30.2 Å². The van der Waals surface area contributed by atoms with Crippen molar-refractivity contribution in [1.29, 1.82) is 0 Å². The number of aromatic nitrogens is 3. The van der Waals surface area contributed by atoms with Gasteiger partial charge < -0.3 is 10.8 Å². The van der Waals surface area contributed by atoms with Gasteiger partial charge in [-0.3, -0.25) is 9.56 Å². The number of carboxylic acid groups (broad SMARTS) is 1. The van der Waals surface area contributed by atoms with Gasteiger partial charge in [0, 0.05) is 24.8 Å². The molecule has 0 radical (unpaired) electrons. The van der Waals surface area contributed by atoms with E-state index in [1.165, 1.54) is 11.3 Å². The highest BCUT2D eigenvalue weighted by molar-refractivity contribution is 7.07. The predicted molar refractivity (Wildman–Crippen MR) is 101 cm³/mol.